The van der Waals surface area contributed by atoms with E-state index in [9.17, 15) is 9.59 Å². The summed E-state index contributed by atoms with van der Waals surface area (Å²) in [6.45, 7) is 9.86. The number of nitrogens with zero attached hydrogens (tertiary/aromatic N) is 5. The fraction of sp³-hybridized carbons (Fsp3) is 0.375. The maximum Gasteiger partial charge on any atom is 0.237 e. The van der Waals surface area contributed by atoms with E-state index in [2.05, 4.69) is 42.4 Å². The van der Waals surface area contributed by atoms with Crippen molar-refractivity contribution in [1.82, 2.24) is 20.2 Å². The smallest absolute Gasteiger partial charge is 0.237 e. The number of tetrazole rings is 1. The van der Waals surface area contributed by atoms with E-state index in [0.29, 0.717) is 16.6 Å². The molecule has 1 aromatic heterocycles. The highest BCUT2D eigenvalue weighted by molar-refractivity contribution is 7.99. The first-order chi connectivity index (χ1) is 15.2. The molecule has 32 heavy (non-hydrogen) atoms. The molecule has 2 aromatic carbocycles. The Bertz CT molecular complexity index is 1170. The van der Waals surface area contributed by atoms with E-state index in [4.69, 9.17) is 0 Å². The second-order valence-electron chi connectivity index (χ2n) is 8.93. The lowest BCUT2D eigenvalue weighted by Crippen LogP contribution is -2.52. The van der Waals surface area contributed by atoms with Crippen LogP contribution in [0.4, 0.5) is 5.69 Å². The summed E-state index contributed by atoms with van der Waals surface area (Å²) in [5.74, 6) is 0.453. The SMILES string of the molecule is CC(=O)c1cc2c(cc1C)C(C)CC(C)(C)N2C(=O)CSc1nnnn1-c1ccccc1. The molecule has 3 aromatic rings. The molecule has 0 saturated carbocycles. The van der Waals surface area contributed by atoms with E-state index in [0.717, 1.165) is 28.9 Å². The third-order valence-corrected chi connectivity index (χ3v) is 6.86. The van der Waals surface area contributed by atoms with Crippen LogP contribution in [0.25, 0.3) is 5.69 Å². The van der Waals surface area contributed by atoms with Gasteiger partial charge in [-0.25, -0.2) is 0 Å². The van der Waals surface area contributed by atoms with Crippen molar-refractivity contribution in [2.24, 2.45) is 0 Å². The van der Waals surface area contributed by atoms with Crippen LogP contribution in [0.15, 0.2) is 47.6 Å². The number of aromatic nitrogens is 4. The van der Waals surface area contributed by atoms with Gasteiger partial charge in [-0.15, -0.1) is 5.10 Å². The molecule has 7 nitrogen and oxygen atoms in total. The van der Waals surface area contributed by atoms with Crippen molar-refractivity contribution in [2.45, 2.75) is 57.7 Å². The van der Waals surface area contributed by atoms with E-state index >= 15 is 0 Å². The number of benzene rings is 2. The minimum absolute atomic E-state index is 0.00476. The van der Waals surface area contributed by atoms with Crippen LogP contribution in [0.1, 0.15) is 61.5 Å². The van der Waals surface area contributed by atoms with Gasteiger partial charge < -0.3 is 4.90 Å². The number of hydrogen-bond donors (Lipinski definition) is 0. The lowest BCUT2D eigenvalue weighted by molar-refractivity contribution is -0.117. The van der Waals surface area contributed by atoms with Crippen LogP contribution in [-0.2, 0) is 4.79 Å². The molecule has 166 valence electrons. The van der Waals surface area contributed by atoms with Crippen molar-refractivity contribution in [3.05, 3.63) is 59.2 Å². The van der Waals surface area contributed by atoms with E-state index in [-0.39, 0.29) is 23.0 Å². The summed E-state index contributed by atoms with van der Waals surface area (Å²) in [7, 11) is 0. The number of para-hydroxylation sites is 1. The summed E-state index contributed by atoms with van der Waals surface area (Å²) < 4.78 is 1.63. The first-order valence-electron chi connectivity index (χ1n) is 10.6. The molecule has 0 radical (unpaired) electrons. The molecule has 0 spiro atoms. The minimum Gasteiger partial charge on any atom is -0.306 e. The number of amides is 1. The Labute approximate surface area is 192 Å². The Morgan fingerprint density at radius 1 is 1.19 bits per heavy atom. The zero-order chi connectivity index (χ0) is 23.0. The van der Waals surface area contributed by atoms with Crippen LogP contribution >= 0.6 is 11.8 Å². The third kappa shape index (κ3) is 4.07. The summed E-state index contributed by atoms with van der Waals surface area (Å²) in [5.41, 5.74) is 4.01. The maximum atomic E-state index is 13.5. The van der Waals surface area contributed by atoms with Gasteiger partial charge in [0.05, 0.1) is 11.4 Å². The van der Waals surface area contributed by atoms with E-state index in [1.807, 2.05) is 48.2 Å². The van der Waals surface area contributed by atoms with Crippen LogP contribution in [0.5, 0.6) is 0 Å². The average Bonchev–Trinajstić information content (AvgIpc) is 3.21. The lowest BCUT2D eigenvalue weighted by atomic mass is 9.78. The van der Waals surface area contributed by atoms with Crippen molar-refractivity contribution in [3.8, 4) is 5.69 Å². The number of ketones is 1. The number of thioether (sulfide) groups is 1. The Morgan fingerprint density at radius 3 is 2.59 bits per heavy atom. The zero-order valence-corrected chi connectivity index (χ0v) is 19.8. The maximum absolute atomic E-state index is 13.5. The van der Waals surface area contributed by atoms with Gasteiger partial charge in [-0.2, -0.15) is 4.68 Å². The third-order valence-electron chi connectivity index (χ3n) is 5.95. The highest BCUT2D eigenvalue weighted by Crippen LogP contribution is 2.44. The molecule has 4 rings (SSSR count). The molecule has 8 heteroatoms. The number of Topliss-reactive ketones (excluding diaryl/α,β-unsaturated/α-hetero) is 1. The lowest BCUT2D eigenvalue weighted by Gasteiger charge is -2.46. The quantitative estimate of drug-likeness (QED) is 0.419. The van der Waals surface area contributed by atoms with E-state index < -0.39 is 0 Å². The first-order valence-corrected chi connectivity index (χ1v) is 11.6. The molecule has 2 heterocycles. The number of rotatable bonds is 5. The molecular weight excluding hydrogens is 422 g/mol. The largest absolute Gasteiger partial charge is 0.306 e. The van der Waals surface area contributed by atoms with Gasteiger partial charge in [0.25, 0.3) is 0 Å². The average molecular weight is 450 g/mol. The summed E-state index contributed by atoms with van der Waals surface area (Å²) >= 11 is 1.31. The molecular formula is C24H27N5O2S. The zero-order valence-electron chi connectivity index (χ0n) is 19.0. The van der Waals surface area contributed by atoms with E-state index in [1.54, 1.807) is 11.6 Å². The van der Waals surface area contributed by atoms with Crippen molar-refractivity contribution in [2.75, 3.05) is 10.7 Å². The van der Waals surface area contributed by atoms with Gasteiger partial charge >= 0.3 is 0 Å². The van der Waals surface area contributed by atoms with Gasteiger partial charge in [0.2, 0.25) is 11.1 Å². The fourth-order valence-electron chi connectivity index (χ4n) is 4.63. The predicted octanol–water partition coefficient (Wildman–Crippen LogP) is 4.58. The van der Waals surface area contributed by atoms with Crippen molar-refractivity contribution < 1.29 is 9.59 Å². The Balaban J connectivity index is 1.64. The molecule has 1 atom stereocenters. The Morgan fingerprint density at radius 2 is 1.91 bits per heavy atom. The molecule has 0 bridgehead atoms. The van der Waals surface area contributed by atoms with Crippen LogP contribution in [0.2, 0.25) is 0 Å². The molecule has 0 aliphatic carbocycles. The number of anilines is 1. The van der Waals surface area contributed by atoms with Crippen LogP contribution < -0.4 is 4.90 Å². The number of carbonyl (C=O) groups excluding carboxylic acids is 2. The van der Waals surface area contributed by atoms with Crippen LogP contribution in [0.3, 0.4) is 0 Å². The second-order valence-corrected chi connectivity index (χ2v) is 9.87. The van der Waals surface area contributed by atoms with Crippen molar-refractivity contribution >= 4 is 29.1 Å². The van der Waals surface area contributed by atoms with Gasteiger partial charge in [0.1, 0.15) is 0 Å². The molecule has 1 aliphatic heterocycles. The van der Waals surface area contributed by atoms with Crippen LogP contribution in [0, 0.1) is 6.92 Å². The van der Waals surface area contributed by atoms with Gasteiger partial charge in [-0.3, -0.25) is 9.59 Å². The molecule has 1 aliphatic rings. The normalized spacial score (nSPS) is 17.2. The van der Waals surface area contributed by atoms with Crippen molar-refractivity contribution in [1.29, 1.82) is 0 Å². The molecule has 1 amide bonds. The van der Waals surface area contributed by atoms with Crippen LogP contribution in [-0.4, -0.2) is 43.2 Å². The number of hydrogen-bond acceptors (Lipinski definition) is 6. The standard InChI is InChI=1S/C24H27N5O2S/c1-15-11-20-16(2)13-24(4,5)28(21(20)12-19(15)17(3)30)22(31)14-32-23-25-26-27-29(23)18-9-7-6-8-10-18/h6-12,16H,13-14H2,1-5H3. The Hall–Kier alpha value is -3.00. The summed E-state index contributed by atoms with van der Waals surface area (Å²) in [6.07, 6.45) is 0.844. The van der Waals surface area contributed by atoms with Gasteiger partial charge in [0.15, 0.2) is 5.78 Å². The molecule has 0 N–H and O–H groups in total. The summed E-state index contributed by atoms with van der Waals surface area (Å²) in [4.78, 5) is 27.6. The minimum atomic E-state index is -0.376. The number of aryl methyl sites for hydroxylation is 1. The molecule has 0 saturated heterocycles. The molecule has 0 fully saturated rings. The van der Waals surface area contributed by atoms with E-state index in [1.165, 1.54) is 11.8 Å². The highest BCUT2D eigenvalue weighted by Gasteiger charge is 2.40. The van der Waals surface area contributed by atoms with Gasteiger partial charge in [-0.05, 0) is 79.8 Å². The number of carbonyl (C=O) groups is 2. The summed E-state index contributed by atoms with van der Waals surface area (Å²) in [6, 6.07) is 13.5. The van der Waals surface area contributed by atoms with Gasteiger partial charge in [-0.1, -0.05) is 43.0 Å². The first kappa shape index (κ1) is 22.2. The number of fused-ring (bicyclic) bond motifs is 1. The van der Waals surface area contributed by atoms with Gasteiger partial charge in [0, 0.05) is 16.8 Å². The fourth-order valence-corrected chi connectivity index (χ4v) is 5.37. The Kier molecular flexibility index (Phi) is 5.90. The summed E-state index contributed by atoms with van der Waals surface area (Å²) in [5, 5.41) is 12.5. The van der Waals surface area contributed by atoms with Crippen molar-refractivity contribution in [3.63, 3.8) is 0 Å². The second kappa shape index (κ2) is 8.50. The topological polar surface area (TPSA) is 81.0 Å². The monoisotopic (exact) mass is 449 g/mol. The highest BCUT2D eigenvalue weighted by atomic mass is 32.2. The predicted molar refractivity (Wildman–Crippen MR) is 126 cm³/mol. The molecule has 1 unspecified atom stereocenters.